The van der Waals surface area contributed by atoms with E-state index in [2.05, 4.69) is 24.1 Å². The van der Waals surface area contributed by atoms with Crippen molar-refractivity contribution in [2.24, 2.45) is 5.41 Å². The molecule has 1 aliphatic rings. The first-order chi connectivity index (χ1) is 15.1. The number of amides is 2. The largest absolute Gasteiger partial charge is 0.348 e. The summed E-state index contributed by atoms with van der Waals surface area (Å²) in [6.45, 7) is 7.48. The lowest BCUT2D eigenvalue weighted by Crippen LogP contribution is -2.56. The molecule has 0 bridgehead atoms. The number of nitrogens with zero attached hydrogens (tertiary/aromatic N) is 3. The van der Waals surface area contributed by atoms with Gasteiger partial charge < -0.3 is 10.2 Å². The zero-order valence-electron chi connectivity index (χ0n) is 18.3. The summed E-state index contributed by atoms with van der Waals surface area (Å²) in [5.74, 6) is -0.658. The topological polar surface area (TPSA) is 84.3 Å². The van der Waals surface area contributed by atoms with E-state index < -0.39 is 11.5 Å². The van der Waals surface area contributed by atoms with E-state index in [0.717, 1.165) is 11.1 Å². The average molecular weight is 453 g/mol. The van der Waals surface area contributed by atoms with Crippen LogP contribution in [0.4, 0.5) is 0 Å². The Morgan fingerprint density at radius 3 is 2.62 bits per heavy atom. The van der Waals surface area contributed by atoms with Gasteiger partial charge in [0, 0.05) is 36.2 Å². The highest BCUT2D eigenvalue weighted by molar-refractivity contribution is 6.30. The van der Waals surface area contributed by atoms with E-state index in [0.29, 0.717) is 29.1 Å². The first kappa shape index (κ1) is 22.0. The standard InChI is InChI=1S/C24H25ClN4O3/c1-15-9-18(25)7-6-17(15)11-27-22(31)19-10-16-5-4-8-26-21(16)29(23(19)32)12-20(30)28-13-24(2,3)14-28/h4-10H,11-14H2,1-3H3,(H,27,31). The maximum atomic E-state index is 13.2. The summed E-state index contributed by atoms with van der Waals surface area (Å²) < 4.78 is 1.30. The van der Waals surface area contributed by atoms with Crippen LogP contribution >= 0.6 is 11.6 Å². The minimum Gasteiger partial charge on any atom is -0.348 e. The Morgan fingerprint density at radius 1 is 1.19 bits per heavy atom. The second-order valence-electron chi connectivity index (χ2n) is 9.03. The molecule has 3 heterocycles. The van der Waals surface area contributed by atoms with Gasteiger partial charge in [-0.2, -0.15) is 0 Å². The molecule has 1 aliphatic heterocycles. The summed E-state index contributed by atoms with van der Waals surface area (Å²) in [6, 6.07) is 10.5. The Hall–Kier alpha value is -3.19. The smallest absolute Gasteiger partial charge is 0.265 e. The van der Waals surface area contributed by atoms with Crippen LogP contribution in [0.2, 0.25) is 5.02 Å². The first-order valence-electron chi connectivity index (χ1n) is 10.4. The van der Waals surface area contributed by atoms with Crippen LogP contribution in [0, 0.1) is 12.3 Å². The van der Waals surface area contributed by atoms with Crippen molar-refractivity contribution >= 4 is 34.4 Å². The molecule has 166 valence electrons. The van der Waals surface area contributed by atoms with Crippen LogP contribution in [0.3, 0.4) is 0 Å². The molecule has 4 rings (SSSR count). The van der Waals surface area contributed by atoms with Gasteiger partial charge in [-0.05, 0) is 53.8 Å². The summed E-state index contributed by atoms with van der Waals surface area (Å²) in [6.07, 6.45) is 1.57. The SMILES string of the molecule is Cc1cc(Cl)ccc1CNC(=O)c1cc2cccnc2n(CC(=O)N2CC(C)(C)C2)c1=O. The van der Waals surface area contributed by atoms with Gasteiger partial charge in [-0.15, -0.1) is 0 Å². The number of halogens is 1. The van der Waals surface area contributed by atoms with E-state index in [9.17, 15) is 14.4 Å². The van der Waals surface area contributed by atoms with E-state index in [1.165, 1.54) is 10.6 Å². The Bertz CT molecular complexity index is 1270. The van der Waals surface area contributed by atoms with Crippen LogP contribution in [0.15, 0.2) is 47.4 Å². The fraction of sp³-hybridized carbons (Fsp3) is 0.333. The molecule has 1 fully saturated rings. The Balaban J connectivity index is 1.62. The molecule has 1 N–H and O–H groups in total. The van der Waals surface area contributed by atoms with Gasteiger partial charge in [0.05, 0.1) is 0 Å². The molecule has 7 nitrogen and oxygen atoms in total. The lowest BCUT2D eigenvalue weighted by molar-refractivity contribution is -0.142. The fourth-order valence-corrected chi connectivity index (χ4v) is 4.27. The number of benzene rings is 1. The monoisotopic (exact) mass is 452 g/mol. The van der Waals surface area contributed by atoms with Gasteiger partial charge in [-0.3, -0.25) is 19.0 Å². The Labute approximate surface area is 191 Å². The molecule has 3 aromatic rings. The highest BCUT2D eigenvalue weighted by atomic mass is 35.5. The van der Waals surface area contributed by atoms with Crippen LogP contribution < -0.4 is 10.9 Å². The zero-order chi connectivity index (χ0) is 23.0. The maximum absolute atomic E-state index is 13.2. The number of carbonyl (C=O) groups is 2. The fourth-order valence-electron chi connectivity index (χ4n) is 4.04. The Morgan fingerprint density at radius 2 is 1.94 bits per heavy atom. The lowest BCUT2D eigenvalue weighted by atomic mass is 9.84. The van der Waals surface area contributed by atoms with Crippen molar-refractivity contribution in [1.29, 1.82) is 0 Å². The second-order valence-corrected chi connectivity index (χ2v) is 9.47. The number of aromatic nitrogens is 2. The summed E-state index contributed by atoms with van der Waals surface area (Å²) in [4.78, 5) is 44.9. The van der Waals surface area contributed by atoms with Gasteiger partial charge >= 0.3 is 0 Å². The molecule has 0 spiro atoms. The average Bonchev–Trinajstić information content (AvgIpc) is 2.72. The lowest BCUT2D eigenvalue weighted by Gasteiger charge is -2.45. The minimum atomic E-state index is -0.533. The number of rotatable bonds is 5. The molecule has 1 saturated heterocycles. The predicted octanol–water partition coefficient (Wildman–Crippen LogP) is 3.16. The normalized spacial score (nSPS) is 14.8. The van der Waals surface area contributed by atoms with Crippen molar-refractivity contribution in [1.82, 2.24) is 19.8 Å². The molecule has 2 amide bonds. The third-order valence-corrected chi connectivity index (χ3v) is 5.96. The van der Waals surface area contributed by atoms with Crippen LogP contribution in [0.25, 0.3) is 11.0 Å². The molecule has 0 saturated carbocycles. The molecular formula is C24H25ClN4O3. The number of fused-ring (bicyclic) bond motifs is 1. The van der Waals surface area contributed by atoms with Crippen LogP contribution in [0.5, 0.6) is 0 Å². The van der Waals surface area contributed by atoms with Gasteiger partial charge in [-0.1, -0.05) is 31.5 Å². The van der Waals surface area contributed by atoms with Gasteiger partial charge in [-0.25, -0.2) is 4.98 Å². The molecule has 8 heteroatoms. The van der Waals surface area contributed by atoms with Crippen LogP contribution in [-0.2, 0) is 17.9 Å². The van der Waals surface area contributed by atoms with Gasteiger partial charge in [0.2, 0.25) is 5.91 Å². The number of likely N-dealkylation sites (tertiary alicyclic amines) is 1. The first-order valence-corrected chi connectivity index (χ1v) is 10.8. The van der Waals surface area contributed by atoms with E-state index in [1.54, 1.807) is 29.3 Å². The summed E-state index contributed by atoms with van der Waals surface area (Å²) in [5.41, 5.74) is 1.77. The third-order valence-electron chi connectivity index (χ3n) is 5.72. The quantitative estimate of drug-likeness (QED) is 0.644. The van der Waals surface area contributed by atoms with Crippen molar-refractivity contribution in [2.75, 3.05) is 13.1 Å². The zero-order valence-corrected chi connectivity index (χ0v) is 19.1. The number of carbonyl (C=O) groups excluding carboxylic acids is 2. The summed E-state index contributed by atoms with van der Waals surface area (Å²) >= 11 is 5.99. The van der Waals surface area contributed by atoms with E-state index >= 15 is 0 Å². The number of nitrogens with one attached hydrogen (secondary N) is 1. The van der Waals surface area contributed by atoms with E-state index in [1.807, 2.05) is 19.1 Å². The molecular weight excluding hydrogens is 428 g/mol. The van der Waals surface area contributed by atoms with Gasteiger partial charge in [0.25, 0.3) is 11.5 Å². The van der Waals surface area contributed by atoms with Gasteiger partial charge in [0.1, 0.15) is 17.8 Å². The van der Waals surface area contributed by atoms with E-state index in [-0.39, 0.29) is 30.0 Å². The van der Waals surface area contributed by atoms with Crippen molar-refractivity contribution in [3.63, 3.8) is 0 Å². The molecule has 0 atom stereocenters. The highest BCUT2D eigenvalue weighted by Gasteiger charge is 2.37. The molecule has 1 aromatic carbocycles. The van der Waals surface area contributed by atoms with E-state index in [4.69, 9.17) is 11.6 Å². The highest BCUT2D eigenvalue weighted by Crippen LogP contribution is 2.28. The number of aryl methyl sites for hydroxylation is 1. The molecule has 2 aromatic heterocycles. The Kier molecular flexibility index (Phi) is 5.77. The molecule has 0 aliphatic carbocycles. The minimum absolute atomic E-state index is 0.0196. The number of hydrogen-bond donors (Lipinski definition) is 1. The third kappa shape index (κ3) is 4.39. The molecule has 0 unspecified atom stereocenters. The molecule has 32 heavy (non-hydrogen) atoms. The summed E-state index contributed by atoms with van der Waals surface area (Å²) in [7, 11) is 0. The van der Waals surface area contributed by atoms with Gasteiger partial charge in [0.15, 0.2) is 0 Å². The maximum Gasteiger partial charge on any atom is 0.265 e. The second kappa shape index (κ2) is 8.39. The molecule has 0 radical (unpaired) electrons. The van der Waals surface area contributed by atoms with Crippen molar-refractivity contribution < 1.29 is 9.59 Å². The van der Waals surface area contributed by atoms with Crippen molar-refractivity contribution in [3.8, 4) is 0 Å². The van der Waals surface area contributed by atoms with Crippen LogP contribution in [-0.4, -0.2) is 39.4 Å². The predicted molar refractivity (Wildman–Crippen MR) is 124 cm³/mol. The number of hydrogen-bond acceptors (Lipinski definition) is 4. The summed E-state index contributed by atoms with van der Waals surface area (Å²) in [5, 5.41) is 4.05. The number of pyridine rings is 2. The van der Waals surface area contributed by atoms with Crippen LogP contribution in [0.1, 0.15) is 35.3 Å². The van der Waals surface area contributed by atoms with Crippen molar-refractivity contribution in [3.05, 3.63) is 74.7 Å². The van der Waals surface area contributed by atoms with Crippen molar-refractivity contribution in [2.45, 2.75) is 33.9 Å².